The fourth-order valence-electron chi connectivity index (χ4n) is 0. The third kappa shape index (κ3) is 8.82. The molecule has 0 fully saturated rings. The zero-order chi connectivity index (χ0) is 2.00. The van der Waals surface area contributed by atoms with Crippen LogP contribution >= 0.6 is 6.93 Å². The fourth-order valence-corrected chi connectivity index (χ4v) is 0. The summed E-state index contributed by atoms with van der Waals surface area (Å²) in [5.41, 5.74) is 0. The monoisotopic (exact) mass is 399 g/mol. The average molecular weight is 396 g/mol. The maximum Gasteiger partial charge on any atom is 0 e. The first kappa shape index (κ1) is 16.1. The van der Waals surface area contributed by atoms with Crippen molar-refractivity contribution in [1.82, 2.24) is 0 Å². The Kier molecular flexibility index (Phi) is 71.6. The van der Waals surface area contributed by atoms with Crippen molar-refractivity contribution in [2.75, 3.05) is 0 Å². The molecule has 1 atom stereocenters. The van der Waals surface area contributed by atoms with Crippen LogP contribution in [-0.2, 0) is 39.6 Å². The van der Waals surface area contributed by atoms with E-state index in [2.05, 4.69) is 6.93 Å². The van der Waals surface area contributed by atoms with Crippen LogP contribution in [0.3, 0.4) is 0 Å². The van der Waals surface area contributed by atoms with Crippen molar-refractivity contribution in [3.63, 3.8) is 0 Å². The summed E-state index contributed by atoms with van der Waals surface area (Å²) in [4.78, 5) is 0. The molecule has 0 rings (SSSR count). The summed E-state index contributed by atoms with van der Waals surface area (Å²) in [6, 6.07) is 0. The van der Waals surface area contributed by atoms with E-state index in [1.54, 1.807) is 21.7 Å². The Balaban J connectivity index is -0.00000000500. The first-order chi connectivity index (χ1) is 1.00. The Morgan fingerprint density at radius 1 is 1.25 bits per heavy atom. The van der Waals surface area contributed by atoms with Crippen LogP contribution in [0.1, 0.15) is 0 Å². The van der Waals surface area contributed by atoms with Gasteiger partial charge in [0.05, 0.1) is 0 Å². The molecule has 0 aromatic heterocycles. The van der Waals surface area contributed by atoms with Gasteiger partial charge in [-0.25, -0.2) is 0 Å². The standard InChI is InChI=1S/H3PTe.V.W/c1-2;;/h2H,1H2;;. The molecule has 0 N–H and O–H groups in total. The Labute approximate surface area is 67.5 Å². The normalized spacial score (nSPS) is 1.50. The quantitative estimate of drug-likeness (QED) is 0.389. The first-order valence-electron chi connectivity index (χ1n) is 0.258. The van der Waals surface area contributed by atoms with Gasteiger partial charge in [-0.05, 0) is 0 Å². The molecule has 0 saturated heterocycles. The van der Waals surface area contributed by atoms with E-state index in [0.717, 1.165) is 0 Å². The van der Waals surface area contributed by atoms with Crippen LogP contribution in [0.4, 0.5) is 0 Å². The molecule has 0 aliphatic rings. The second-order valence-corrected chi connectivity index (χ2v) is 0. The molecule has 0 aromatic carbocycles. The Bertz CT molecular complexity index is 8.00. The van der Waals surface area contributed by atoms with Crippen LogP contribution in [0.5, 0.6) is 0 Å². The molecule has 0 aromatic rings. The molecule has 0 nitrogen and oxygen atoms in total. The van der Waals surface area contributed by atoms with E-state index in [0.29, 0.717) is 0 Å². The maximum atomic E-state index is 2.47. The zero-order valence-corrected chi connectivity index (χ0v) is 9.92. The first-order valence-corrected chi connectivity index (χ1v) is 5.20. The second kappa shape index (κ2) is 17.8. The van der Waals surface area contributed by atoms with E-state index >= 15 is 0 Å². The van der Waals surface area contributed by atoms with Gasteiger partial charge in [-0.15, -0.1) is 0 Å². The molecular formula is H3PTeVW. The van der Waals surface area contributed by atoms with Gasteiger partial charge in [-0.1, -0.05) is 0 Å². The van der Waals surface area contributed by atoms with Crippen molar-refractivity contribution in [2.45, 2.75) is 0 Å². The minimum absolute atomic E-state index is 0. The van der Waals surface area contributed by atoms with Crippen LogP contribution in [-0.4, -0.2) is 21.7 Å². The van der Waals surface area contributed by atoms with E-state index in [4.69, 9.17) is 0 Å². The van der Waals surface area contributed by atoms with E-state index < -0.39 is 0 Å². The predicted molar refractivity (Wildman–Crippen MR) is 16.9 cm³/mol. The fraction of sp³-hybridized carbons (Fsp3) is 0. The van der Waals surface area contributed by atoms with Crippen molar-refractivity contribution >= 4 is 28.7 Å². The molecule has 4 heavy (non-hydrogen) atoms. The molecule has 0 heterocycles. The minimum Gasteiger partial charge on any atom is 0 e. The number of hydrogen-bond acceptors (Lipinski definition) is 0. The summed E-state index contributed by atoms with van der Waals surface area (Å²) in [6.07, 6.45) is 0. The van der Waals surface area contributed by atoms with Gasteiger partial charge >= 0.3 is 28.7 Å². The zero-order valence-electron chi connectivity index (χ0n) is 1.88. The van der Waals surface area contributed by atoms with Gasteiger partial charge in [0, 0.05) is 39.6 Å². The van der Waals surface area contributed by atoms with Gasteiger partial charge < -0.3 is 0 Å². The second-order valence-electron chi connectivity index (χ2n) is 0. The molecule has 0 bridgehead atoms. The molecule has 0 spiro atoms. The molecule has 0 amide bonds. The SMILES string of the molecule is P[TeH].[V].[W]. The smallest absolute Gasteiger partial charge is 0 e. The summed E-state index contributed by atoms with van der Waals surface area (Å²) in [5.74, 6) is 0. The largest absolute Gasteiger partial charge is 0 e. The topological polar surface area (TPSA) is 0 Å². The van der Waals surface area contributed by atoms with Crippen LogP contribution in [0.15, 0.2) is 0 Å². The van der Waals surface area contributed by atoms with Gasteiger partial charge in [-0.2, -0.15) is 0 Å². The van der Waals surface area contributed by atoms with Gasteiger partial charge in [0.2, 0.25) is 0 Å². The molecule has 4 heteroatoms. The van der Waals surface area contributed by atoms with Crippen molar-refractivity contribution < 1.29 is 39.6 Å². The van der Waals surface area contributed by atoms with Crippen LogP contribution in [0, 0.1) is 0 Å². The average Bonchev–Trinajstić information content (AvgIpc) is 1.00. The Morgan fingerprint density at radius 3 is 1.25 bits per heavy atom. The van der Waals surface area contributed by atoms with E-state index in [1.165, 1.54) is 0 Å². The summed E-state index contributed by atoms with van der Waals surface area (Å²) in [7, 11) is 0. The van der Waals surface area contributed by atoms with E-state index in [-0.39, 0.29) is 39.6 Å². The molecule has 0 aliphatic heterocycles. The molecule has 0 aliphatic carbocycles. The molecule has 0 saturated carbocycles. The Morgan fingerprint density at radius 2 is 1.25 bits per heavy atom. The number of rotatable bonds is 0. The predicted octanol–water partition coefficient (Wildman–Crippen LogP) is -0.328. The Hall–Kier alpha value is 2.49. The molecule has 1 unspecified atom stereocenters. The summed E-state index contributed by atoms with van der Waals surface area (Å²) >= 11 is 1.67. The third-order valence-electron chi connectivity index (χ3n) is 0. The van der Waals surface area contributed by atoms with Gasteiger partial charge in [0.1, 0.15) is 0 Å². The molecule has 25 valence electrons. The van der Waals surface area contributed by atoms with Crippen LogP contribution in [0.25, 0.3) is 0 Å². The third-order valence-corrected chi connectivity index (χ3v) is 0. The van der Waals surface area contributed by atoms with E-state index in [1.807, 2.05) is 0 Å². The van der Waals surface area contributed by atoms with Crippen molar-refractivity contribution in [3.8, 4) is 0 Å². The summed E-state index contributed by atoms with van der Waals surface area (Å²) in [5, 5.41) is 0. The van der Waals surface area contributed by atoms with E-state index in [9.17, 15) is 0 Å². The van der Waals surface area contributed by atoms with Crippen LogP contribution < -0.4 is 0 Å². The van der Waals surface area contributed by atoms with Crippen molar-refractivity contribution in [2.24, 2.45) is 0 Å². The maximum absolute atomic E-state index is 2.47. The van der Waals surface area contributed by atoms with Gasteiger partial charge in [0.15, 0.2) is 0 Å². The van der Waals surface area contributed by atoms with Crippen LogP contribution in [0.2, 0.25) is 0 Å². The van der Waals surface area contributed by atoms with Crippen molar-refractivity contribution in [3.05, 3.63) is 0 Å². The minimum atomic E-state index is 0. The van der Waals surface area contributed by atoms with Gasteiger partial charge in [-0.3, -0.25) is 0 Å². The molecule has 1 radical (unpaired) electrons. The van der Waals surface area contributed by atoms with Gasteiger partial charge in [0.25, 0.3) is 0 Å². The summed E-state index contributed by atoms with van der Waals surface area (Å²) < 4.78 is 0. The summed E-state index contributed by atoms with van der Waals surface area (Å²) in [6.45, 7) is 2.47. The number of hydrogen-bond donors (Lipinski definition) is 0. The molecular weight excluding hydrogens is 393 g/mol. The van der Waals surface area contributed by atoms with Crippen molar-refractivity contribution in [1.29, 1.82) is 0 Å².